The number of aromatic nitrogens is 1. The van der Waals surface area contributed by atoms with Gasteiger partial charge >= 0.3 is 0 Å². The number of hydrogen-bond donors (Lipinski definition) is 1. The summed E-state index contributed by atoms with van der Waals surface area (Å²) >= 11 is 0. The fraction of sp³-hybridized carbons (Fsp3) is 0.667. The quantitative estimate of drug-likeness (QED) is 0.828. The van der Waals surface area contributed by atoms with Gasteiger partial charge in [0.25, 0.3) is 0 Å². The van der Waals surface area contributed by atoms with Crippen LogP contribution in [0.3, 0.4) is 0 Å². The van der Waals surface area contributed by atoms with Crippen molar-refractivity contribution >= 4 is 5.82 Å². The SMILES string of the molecule is Cc1ccnc(N)c1C1CCOC2(CCCC2)C1. The number of aryl methyl sites for hydroxylation is 1. The number of nitrogens with zero attached hydrogens (tertiary/aromatic N) is 1. The van der Waals surface area contributed by atoms with Gasteiger partial charge in [0, 0.05) is 18.4 Å². The summed E-state index contributed by atoms with van der Waals surface area (Å²) in [5.74, 6) is 1.25. The molecule has 0 aromatic carbocycles. The molecule has 0 amide bonds. The molecule has 2 N–H and O–H groups in total. The molecule has 2 heterocycles. The Morgan fingerprint density at radius 2 is 2.17 bits per heavy atom. The minimum Gasteiger partial charge on any atom is -0.383 e. The maximum absolute atomic E-state index is 6.10. The second-order valence-corrected chi connectivity index (χ2v) is 5.86. The predicted molar refractivity (Wildman–Crippen MR) is 72.5 cm³/mol. The summed E-state index contributed by atoms with van der Waals surface area (Å²) in [6, 6.07) is 2.07. The van der Waals surface area contributed by atoms with Crippen molar-refractivity contribution < 1.29 is 4.74 Å². The first-order valence-electron chi connectivity index (χ1n) is 7.05. The monoisotopic (exact) mass is 246 g/mol. The minimum atomic E-state index is 0.150. The summed E-state index contributed by atoms with van der Waals surface area (Å²) in [7, 11) is 0. The smallest absolute Gasteiger partial charge is 0.127 e. The van der Waals surface area contributed by atoms with Crippen LogP contribution < -0.4 is 5.73 Å². The van der Waals surface area contributed by atoms with E-state index in [0.717, 1.165) is 25.3 Å². The fourth-order valence-corrected chi connectivity index (χ4v) is 3.76. The molecule has 1 spiro atoms. The third kappa shape index (κ3) is 2.01. The Bertz CT molecular complexity index is 418. The molecular formula is C15H22N2O. The van der Waals surface area contributed by atoms with Crippen molar-refractivity contribution in [2.24, 2.45) is 0 Å². The van der Waals surface area contributed by atoms with Gasteiger partial charge in [-0.1, -0.05) is 12.8 Å². The van der Waals surface area contributed by atoms with E-state index in [1.807, 2.05) is 0 Å². The molecular weight excluding hydrogens is 224 g/mol. The molecule has 1 aromatic heterocycles. The lowest BCUT2D eigenvalue weighted by atomic mass is 9.79. The zero-order valence-electron chi connectivity index (χ0n) is 11.1. The zero-order valence-corrected chi connectivity index (χ0v) is 11.1. The molecule has 1 unspecified atom stereocenters. The number of nitrogen functional groups attached to an aromatic ring is 1. The van der Waals surface area contributed by atoms with E-state index in [0.29, 0.717) is 5.92 Å². The number of ether oxygens (including phenoxy) is 1. The summed E-state index contributed by atoms with van der Waals surface area (Å²) in [4.78, 5) is 4.27. The van der Waals surface area contributed by atoms with Gasteiger partial charge in [0.05, 0.1) is 5.60 Å². The largest absolute Gasteiger partial charge is 0.383 e. The summed E-state index contributed by atoms with van der Waals surface area (Å²) < 4.78 is 6.10. The molecule has 1 aromatic rings. The van der Waals surface area contributed by atoms with Crippen LogP contribution in [0.1, 0.15) is 55.6 Å². The molecule has 18 heavy (non-hydrogen) atoms. The summed E-state index contributed by atoms with van der Waals surface area (Å²) in [5, 5.41) is 0. The molecule has 98 valence electrons. The van der Waals surface area contributed by atoms with Gasteiger partial charge < -0.3 is 10.5 Å². The first-order valence-corrected chi connectivity index (χ1v) is 7.05. The predicted octanol–water partition coefficient (Wildman–Crippen LogP) is 3.18. The number of pyridine rings is 1. The van der Waals surface area contributed by atoms with E-state index < -0.39 is 0 Å². The van der Waals surface area contributed by atoms with Crippen LogP contribution in [0.4, 0.5) is 5.82 Å². The van der Waals surface area contributed by atoms with Gasteiger partial charge in [-0.15, -0.1) is 0 Å². The molecule has 1 saturated heterocycles. The van der Waals surface area contributed by atoms with Crippen molar-refractivity contribution in [3.8, 4) is 0 Å². The van der Waals surface area contributed by atoms with Gasteiger partial charge in [-0.2, -0.15) is 0 Å². The van der Waals surface area contributed by atoms with Crippen molar-refractivity contribution in [3.63, 3.8) is 0 Å². The highest BCUT2D eigenvalue weighted by Crippen LogP contribution is 2.46. The number of rotatable bonds is 1. The summed E-state index contributed by atoms with van der Waals surface area (Å²) in [6.45, 7) is 3.02. The van der Waals surface area contributed by atoms with Crippen molar-refractivity contribution in [2.75, 3.05) is 12.3 Å². The lowest BCUT2D eigenvalue weighted by Crippen LogP contribution is -2.36. The highest BCUT2D eigenvalue weighted by atomic mass is 16.5. The van der Waals surface area contributed by atoms with Gasteiger partial charge in [-0.05, 0) is 50.2 Å². The Morgan fingerprint density at radius 1 is 1.39 bits per heavy atom. The highest BCUT2D eigenvalue weighted by Gasteiger charge is 2.40. The lowest BCUT2D eigenvalue weighted by molar-refractivity contribution is -0.0804. The fourth-order valence-electron chi connectivity index (χ4n) is 3.76. The first-order chi connectivity index (χ1) is 8.70. The average molecular weight is 246 g/mol. The van der Waals surface area contributed by atoms with Crippen molar-refractivity contribution in [1.82, 2.24) is 4.98 Å². The zero-order chi connectivity index (χ0) is 12.6. The van der Waals surface area contributed by atoms with Crippen molar-refractivity contribution in [2.45, 2.75) is 57.0 Å². The molecule has 0 radical (unpaired) electrons. The lowest BCUT2D eigenvalue weighted by Gasteiger charge is -2.39. The number of hydrogen-bond acceptors (Lipinski definition) is 3. The maximum atomic E-state index is 6.10. The Labute approximate surface area is 109 Å². The summed E-state index contributed by atoms with van der Waals surface area (Å²) in [6.07, 6.45) is 9.09. The van der Waals surface area contributed by atoms with E-state index in [1.54, 1.807) is 6.20 Å². The van der Waals surface area contributed by atoms with Crippen LogP contribution in [-0.2, 0) is 4.74 Å². The topological polar surface area (TPSA) is 48.1 Å². The van der Waals surface area contributed by atoms with Crippen LogP contribution in [0.25, 0.3) is 0 Å². The van der Waals surface area contributed by atoms with Crippen LogP contribution in [0, 0.1) is 6.92 Å². The second-order valence-electron chi connectivity index (χ2n) is 5.86. The molecule has 3 rings (SSSR count). The molecule has 0 bridgehead atoms. The Kier molecular flexibility index (Phi) is 3.02. The van der Waals surface area contributed by atoms with E-state index in [2.05, 4.69) is 18.0 Å². The Balaban J connectivity index is 1.88. The van der Waals surface area contributed by atoms with E-state index in [-0.39, 0.29) is 5.60 Å². The van der Waals surface area contributed by atoms with Gasteiger partial charge in [-0.25, -0.2) is 4.98 Å². The van der Waals surface area contributed by atoms with Crippen LogP contribution >= 0.6 is 0 Å². The van der Waals surface area contributed by atoms with E-state index in [1.165, 1.54) is 36.8 Å². The normalized spacial score (nSPS) is 26.6. The van der Waals surface area contributed by atoms with Crippen molar-refractivity contribution in [1.29, 1.82) is 0 Å². The average Bonchev–Trinajstić information content (AvgIpc) is 2.77. The molecule has 1 aliphatic heterocycles. The first kappa shape index (κ1) is 12.0. The molecule has 1 saturated carbocycles. The highest BCUT2D eigenvalue weighted by molar-refractivity contribution is 5.46. The molecule has 1 aliphatic carbocycles. The number of nitrogens with two attached hydrogens (primary N) is 1. The van der Waals surface area contributed by atoms with Crippen LogP contribution in [0.5, 0.6) is 0 Å². The third-order valence-corrected chi connectivity index (χ3v) is 4.65. The van der Waals surface area contributed by atoms with E-state index in [4.69, 9.17) is 10.5 Å². The molecule has 3 nitrogen and oxygen atoms in total. The van der Waals surface area contributed by atoms with Gasteiger partial charge in [0.1, 0.15) is 5.82 Å². The Hall–Kier alpha value is -1.09. The maximum Gasteiger partial charge on any atom is 0.127 e. The third-order valence-electron chi connectivity index (χ3n) is 4.65. The van der Waals surface area contributed by atoms with Crippen LogP contribution in [0.2, 0.25) is 0 Å². The standard InChI is InChI=1S/C15H22N2O/c1-11-4-8-17-14(16)13(11)12-5-9-18-15(10-12)6-2-3-7-15/h4,8,12H,2-3,5-7,9-10H2,1H3,(H2,16,17). The summed E-state index contributed by atoms with van der Waals surface area (Å²) in [5.41, 5.74) is 8.79. The second kappa shape index (κ2) is 4.54. The van der Waals surface area contributed by atoms with Gasteiger partial charge in [0.15, 0.2) is 0 Å². The minimum absolute atomic E-state index is 0.150. The van der Waals surface area contributed by atoms with E-state index in [9.17, 15) is 0 Å². The van der Waals surface area contributed by atoms with Crippen LogP contribution in [-0.4, -0.2) is 17.2 Å². The van der Waals surface area contributed by atoms with E-state index >= 15 is 0 Å². The van der Waals surface area contributed by atoms with Gasteiger partial charge in [0.2, 0.25) is 0 Å². The number of anilines is 1. The van der Waals surface area contributed by atoms with Crippen molar-refractivity contribution in [3.05, 3.63) is 23.4 Å². The molecule has 3 heteroatoms. The van der Waals surface area contributed by atoms with Crippen LogP contribution in [0.15, 0.2) is 12.3 Å². The molecule has 2 aliphatic rings. The molecule has 2 fully saturated rings. The Morgan fingerprint density at radius 3 is 2.89 bits per heavy atom. The molecule has 1 atom stereocenters. The van der Waals surface area contributed by atoms with Gasteiger partial charge in [-0.3, -0.25) is 0 Å².